The van der Waals surface area contributed by atoms with Gasteiger partial charge in [0.1, 0.15) is 23.0 Å². The van der Waals surface area contributed by atoms with Crippen LogP contribution in [-0.4, -0.2) is 35.9 Å². The van der Waals surface area contributed by atoms with Gasteiger partial charge in [0.2, 0.25) is 0 Å². The summed E-state index contributed by atoms with van der Waals surface area (Å²) in [5.74, 6) is -0.00771. The van der Waals surface area contributed by atoms with Gasteiger partial charge < -0.3 is 23.9 Å². The minimum absolute atomic E-state index is 0.00924. The topological polar surface area (TPSA) is 89.2 Å². The number of rotatable bonds is 6. The molecule has 7 nitrogen and oxygen atoms in total. The fraction of sp³-hybridized carbons (Fsp3) is 0.167. The molecule has 1 N–H and O–H groups in total. The molecule has 0 aliphatic carbocycles. The zero-order valence-corrected chi connectivity index (χ0v) is 17.1. The smallest absolute Gasteiger partial charge is 0.296 e. The number of amides is 1. The third kappa shape index (κ3) is 3.77. The lowest BCUT2D eigenvalue weighted by atomic mass is 9.95. The lowest BCUT2D eigenvalue weighted by molar-refractivity contribution is -0.140. The van der Waals surface area contributed by atoms with Crippen LogP contribution in [0.5, 0.6) is 11.5 Å². The highest BCUT2D eigenvalue weighted by Crippen LogP contribution is 2.41. The summed E-state index contributed by atoms with van der Waals surface area (Å²) in [6.07, 6.45) is 1.50. The Morgan fingerprint density at radius 2 is 1.74 bits per heavy atom. The molecule has 1 saturated heterocycles. The molecule has 1 amide bonds. The van der Waals surface area contributed by atoms with Crippen LogP contribution in [0.25, 0.3) is 5.76 Å². The lowest BCUT2D eigenvalue weighted by Gasteiger charge is -2.24. The second-order valence-corrected chi connectivity index (χ2v) is 7.01. The predicted molar refractivity (Wildman–Crippen MR) is 113 cm³/mol. The minimum atomic E-state index is -0.803. The van der Waals surface area contributed by atoms with Gasteiger partial charge in [0.05, 0.1) is 38.6 Å². The first-order valence-corrected chi connectivity index (χ1v) is 9.62. The predicted octanol–water partition coefficient (Wildman–Crippen LogP) is 3.92. The van der Waals surface area contributed by atoms with Crippen LogP contribution < -0.4 is 9.47 Å². The average molecular weight is 419 g/mol. The molecule has 1 atom stereocenters. The molecule has 3 aromatic rings. The van der Waals surface area contributed by atoms with Crippen molar-refractivity contribution in [1.29, 1.82) is 0 Å². The molecular weight excluding hydrogens is 398 g/mol. The summed E-state index contributed by atoms with van der Waals surface area (Å²) in [5.41, 5.74) is 1.06. The van der Waals surface area contributed by atoms with Gasteiger partial charge in [0.15, 0.2) is 0 Å². The average Bonchev–Trinajstić information content (AvgIpc) is 3.41. The van der Waals surface area contributed by atoms with Gasteiger partial charge >= 0.3 is 0 Å². The minimum Gasteiger partial charge on any atom is -0.507 e. The molecule has 4 rings (SSSR count). The van der Waals surface area contributed by atoms with Crippen molar-refractivity contribution < 1.29 is 28.6 Å². The maximum absolute atomic E-state index is 13.0. The molecule has 1 aromatic heterocycles. The van der Waals surface area contributed by atoms with Gasteiger partial charge in [-0.15, -0.1) is 0 Å². The number of furan rings is 1. The Labute approximate surface area is 179 Å². The maximum atomic E-state index is 13.0. The van der Waals surface area contributed by atoms with Crippen molar-refractivity contribution in [1.82, 2.24) is 4.90 Å². The van der Waals surface area contributed by atoms with E-state index in [4.69, 9.17) is 13.9 Å². The third-order valence-electron chi connectivity index (χ3n) is 5.22. The second-order valence-electron chi connectivity index (χ2n) is 7.01. The number of likely N-dealkylation sites (tertiary alicyclic amines) is 1. The molecular formula is C24H21NO6. The highest BCUT2D eigenvalue weighted by molar-refractivity contribution is 6.46. The van der Waals surface area contributed by atoms with E-state index in [1.54, 1.807) is 60.7 Å². The summed E-state index contributed by atoms with van der Waals surface area (Å²) in [6.45, 7) is 0.0822. The summed E-state index contributed by atoms with van der Waals surface area (Å²) < 4.78 is 15.9. The third-order valence-corrected chi connectivity index (χ3v) is 5.22. The number of hydrogen-bond donors (Lipinski definition) is 1. The quantitative estimate of drug-likeness (QED) is 0.370. The largest absolute Gasteiger partial charge is 0.507 e. The summed E-state index contributed by atoms with van der Waals surface area (Å²) in [5, 5.41) is 11.1. The molecule has 0 unspecified atom stereocenters. The highest BCUT2D eigenvalue weighted by Gasteiger charge is 2.46. The summed E-state index contributed by atoms with van der Waals surface area (Å²) >= 11 is 0. The van der Waals surface area contributed by atoms with Gasteiger partial charge in [-0.3, -0.25) is 9.59 Å². The van der Waals surface area contributed by atoms with E-state index in [2.05, 4.69) is 0 Å². The molecule has 2 aromatic carbocycles. The van der Waals surface area contributed by atoms with Gasteiger partial charge in [-0.05, 0) is 54.1 Å². The number of ether oxygens (including phenoxy) is 2. The van der Waals surface area contributed by atoms with Gasteiger partial charge in [-0.25, -0.2) is 0 Å². The van der Waals surface area contributed by atoms with Crippen LogP contribution in [0, 0.1) is 0 Å². The molecule has 158 valence electrons. The number of carbonyl (C=O) groups is 2. The number of nitrogens with zero attached hydrogens (tertiary/aromatic N) is 1. The van der Waals surface area contributed by atoms with E-state index in [0.29, 0.717) is 28.4 Å². The first-order chi connectivity index (χ1) is 15.0. The van der Waals surface area contributed by atoms with Crippen LogP contribution in [-0.2, 0) is 16.1 Å². The second kappa shape index (κ2) is 8.39. The Hall–Kier alpha value is -4.00. The highest BCUT2D eigenvalue weighted by atomic mass is 16.5. The molecule has 0 radical (unpaired) electrons. The van der Waals surface area contributed by atoms with E-state index in [1.807, 2.05) is 0 Å². The van der Waals surface area contributed by atoms with Crippen LogP contribution in [0.3, 0.4) is 0 Å². The monoisotopic (exact) mass is 419 g/mol. The first kappa shape index (κ1) is 20.3. The Balaban J connectivity index is 1.86. The molecule has 0 saturated carbocycles. The van der Waals surface area contributed by atoms with E-state index in [-0.39, 0.29) is 17.9 Å². The Morgan fingerprint density at radius 3 is 2.39 bits per heavy atom. The van der Waals surface area contributed by atoms with Gasteiger partial charge in [-0.1, -0.05) is 12.1 Å². The maximum Gasteiger partial charge on any atom is 0.296 e. The Kier molecular flexibility index (Phi) is 5.49. The molecule has 1 aliphatic rings. The molecule has 1 fully saturated rings. The van der Waals surface area contributed by atoms with E-state index < -0.39 is 17.7 Å². The lowest BCUT2D eigenvalue weighted by Crippen LogP contribution is -2.29. The Morgan fingerprint density at radius 1 is 1.00 bits per heavy atom. The van der Waals surface area contributed by atoms with Crippen molar-refractivity contribution in [2.24, 2.45) is 0 Å². The number of benzene rings is 2. The van der Waals surface area contributed by atoms with E-state index in [0.717, 1.165) is 0 Å². The zero-order chi connectivity index (χ0) is 22.0. The summed E-state index contributed by atoms with van der Waals surface area (Å²) in [4.78, 5) is 27.4. The van der Waals surface area contributed by atoms with Crippen molar-refractivity contribution in [3.63, 3.8) is 0 Å². The van der Waals surface area contributed by atoms with Gasteiger partial charge in [0.25, 0.3) is 11.7 Å². The molecule has 0 bridgehead atoms. The van der Waals surface area contributed by atoms with Crippen molar-refractivity contribution >= 4 is 17.4 Å². The van der Waals surface area contributed by atoms with Crippen LogP contribution >= 0.6 is 0 Å². The Bertz CT molecular complexity index is 1130. The summed E-state index contributed by atoms with van der Waals surface area (Å²) in [7, 11) is 3.08. The van der Waals surface area contributed by atoms with Crippen LogP contribution in [0.2, 0.25) is 0 Å². The van der Waals surface area contributed by atoms with Crippen molar-refractivity contribution in [3.8, 4) is 11.5 Å². The van der Waals surface area contributed by atoms with Gasteiger partial charge in [-0.2, -0.15) is 0 Å². The van der Waals surface area contributed by atoms with Crippen LogP contribution in [0.15, 0.2) is 76.9 Å². The number of hydrogen-bond acceptors (Lipinski definition) is 6. The number of carbonyl (C=O) groups excluding carboxylic acids is 2. The fourth-order valence-corrected chi connectivity index (χ4v) is 3.68. The van der Waals surface area contributed by atoms with E-state index in [1.165, 1.54) is 25.4 Å². The van der Waals surface area contributed by atoms with Crippen molar-refractivity contribution in [2.45, 2.75) is 12.6 Å². The standard InChI is InChI=1S/C24H21NO6/c1-29-17-10-8-15(9-11-17)22(26)20-21(16-5-3-6-18(13-16)30-2)25(24(28)23(20)27)14-19-7-4-12-31-19/h3-13,21,26H,14H2,1-2H3/t21-/m0/s1. The summed E-state index contributed by atoms with van der Waals surface area (Å²) in [6, 6.07) is 16.3. The number of aliphatic hydroxyl groups is 1. The van der Waals surface area contributed by atoms with Gasteiger partial charge in [0, 0.05) is 5.56 Å². The molecule has 1 aliphatic heterocycles. The van der Waals surface area contributed by atoms with E-state index >= 15 is 0 Å². The number of Topliss-reactive ketones (excluding diaryl/α,β-unsaturated/α-hetero) is 1. The van der Waals surface area contributed by atoms with Crippen LogP contribution in [0.4, 0.5) is 0 Å². The molecule has 7 heteroatoms. The number of ketones is 1. The SMILES string of the molecule is COc1ccc(C(O)=C2C(=O)C(=O)N(Cc3ccco3)[C@H]2c2cccc(OC)c2)cc1. The van der Waals surface area contributed by atoms with Crippen molar-refractivity contribution in [3.05, 3.63) is 89.4 Å². The first-order valence-electron chi connectivity index (χ1n) is 9.62. The van der Waals surface area contributed by atoms with E-state index in [9.17, 15) is 14.7 Å². The van der Waals surface area contributed by atoms with Crippen LogP contribution in [0.1, 0.15) is 22.9 Å². The number of methoxy groups -OCH3 is 2. The molecule has 2 heterocycles. The molecule has 0 spiro atoms. The zero-order valence-electron chi connectivity index (χ0n) is 17.1. The van der Waals surface area contributed by atoms with Crippen molar-refractivity contribution in [2.75, 3.05) is 14.2 Å². The fourth-order valence-electron chi connectivity index (χ4n) is 3.68. The normalized spacial score (nSPS) is 17.7. The molecule has 31 heavy (non-hydrogen) atoms. The number of aliphatic hydroxyl groups excluding tert-OH is 1.